The smallest absolute Gasteiger partial charge is 0.243 e. The minimum atomic E-state index is -0.674. The van der Waals surface area contributed by atoms with Gasteiger partial charge in [0.2, 0.25) is 11.8 Å². The van der Waals surface area contributed by atoms with Crippen LogP contribution in [-0.4, -0.2) is 71.7 Å². The van der Waals surface area contributed by atoms with Crippen molar-refractivity contribution in [3.05, 3.63) is 35.0 Å². The van der Waals surface area contributed by atoms with Crippen molar-refractivity contribution in [1.29, 1.82) is 0 Å². The molecule has 8 nitrogen and oxygen atoms in total. The van der Waals surface area contributed by atoms with Gasteiger partial charge >= 0.3 is 0 Å². The number of aromatic nitrogens is 1. The number of carbonyl (C=O) groups is 2. The van der Waals surface area contributed by atoms with Crippen LogP contribution in [0.2, 0.25) is 0 Å². The Hall–Kier alpha value is -2.49. The second-order valence-electron chi connectivity index (χ2n) is 9.99. The van der Waals surface area contributed by atoms with Crippen LogP contribution in [0, 0.1) is 18.8 Å². The van der Waals surface area contributed by atoms with Gasteiger partial charge in [-0.25, -0.2) is 4.98 Å². The van der Waals surface area contributed by atoms with E-state index in [1.807, 2.05) is 33.2 Å². The number of amides is 2. The molecular weight excluding hydrogens is 462 g/mol. The SMILES string of the molecule is Cc1ncsc1-c1ccc(CNC(=O)C2CC(O)CN2C(=O)C(C)C(C)C)c(N2CCNCC2)c1. The summed E-state index contributed by atoms with van der Waals surface area (Å²) in [4.78, 5) is 35.7. The molecule has 9 heteroatoms. The fourth-order valence-electron chi connectivity index (χ4n) is 4.79. The number of thiazole rings is 1. The normalized spacial score (nSPS) is 21.4. The van der Waals surface area contributed by atoms with E-state index in [0.29, 0.717) is 6.54 Å². The van der Waals surface area contributed by atoms with E-state index in [-0.39, 0.29) is 36.6 Å². The maximum Gasteiger partial charge on any atom is 0.243 e. The van der Waals surface area contributed by atoms with E-state index in [4.69, 9.17) is 0 Å². The summed E-state index contributed by atoms with van der Waals surface area (Å²) in [6, 6.07) is 5.74. The number of anilines is 1. The lowest BCUT2D eigenvalue weighted by atomic mass is 9.96. The fourth-order valence-corrected chi connectivity index (χ4v) is 5.59. The standard InChI is InChI=1S/C26H37N5O3S/c1-16(2)17(3)26(34)31-14-21(32)12-23(31)25(33)28-13-20-6-5-19(24-18(4)29-15-35-24)11-22(20)30-9-7-27-8-10-30/h5-6,11,15-17,21,23,27,32H,7-10,12-14H2,1-4H3,(H,28,33). The van der Waals surface area contributed by atoms with Crippen molar-refractivity contribution >= 4 is 28.8 Å². The number of hydrogen-bond donors (Lipinski definition) is 3. The molecule has 0 radical (unpaired) electrons. The number of β-amino-alcohol motifs (C(OH)–C–C–N with tert-alkyl or cyclic N) is 1. The highest BCUT2D eigenvalue weighted by Crippen LogP contribution is 2.33. The number of aliphatic hydroxyl groups excluding tert-OH is 1. The topological polar surface area (TPSA) is 97.8 Å². The third-order valence-electron chi connectivity index (χ3n) is 7.26. The minimum absolute atomic E-state index is 0.0671. The molecule has 3 N–H and O–H groups in total. The van der Waals surface area contributed by atoms with Gasteiger partial charge in [-0.3, -0.25) is 9.59 Å². The van der Waals surface area contributed by atoms with Crippen LogP contribution in [0.25, 0.3) is 10.4 Å². The van der Waals surface area contributed by atoms with Gasteiger partial charge < -0.3 is 25.5 Å². The first kappa shape index (κ1) is 25.6. The highest BCUT2D eigenvalue weighted by molar-refractivity contribution is 7.13. The zero-order chi connectivity index (χ0) is 25.1. The predicted octanol–water partition coefficient (Wildman–Crippen LogP) is 2.40. The molecular formula is C26H37N5O3S. The van der Waals surface area contributed by atoms with Crippen LogP contribution >= 0.6 is 11.3 Å². The lowest BCUT2D eigenvalue weighted by molar-refractivity contribution is -0.142. The Morgan fingerprint density at radius 2 is 2.00 bits per heavy atom. The molecule has 2 fully saturated rings. The van der Waals surface area contributed by atoms with E-state index in [9.17, 15) is 14.7 Å². The van der Waals surface area contributed by atoms with Crippen molar-refractivity contribution in [2.24, 2.45) is 11.8 Å². The number of aliphatic hydroxyl groups is 1. The molecule has 2 aliphatic heterocycles. The maximum absolute atomic E-state index is 13.2. The van der Waals surface area contributed by atoms with Crippen molar-refractivity contribution in [1.82, 2.24) is 20.5 Å². The Bertz CT molecular complexity index is 1050. The molecule has 3 heterocycles. The molecule has 0 bridgehead atoms. The maximum atomic E-state index is 13.2. The highest BCUT2D eigenvalue weighted by atomic mass is 32.1. The van der Waals surface area contributed by atoms with E-state index < -0.39 is 12.1 Å². The first-order chi connectivity index (χ1) is 16.8. The number of carbonyl (C=O) groups excluding carboxylic acids is 2. The molecule has 4 rings (SSSR count). The van der Waals surface area contributed by atoms with Gasteiger partial charge in [0.15, 0.2) is 0 Å². The molecule has 35 heavy (non-hydrogen) atoms. The Morgan fingerprint density at radius 3 is 2.66 bits per heavy atom. The van der Waals surface area contributed by atoms with Crippen molar-refractivity contribution in [2.75, 3.05) is 37.6 Å². The fraction of sp³-hybridized carbons (Fsp3) is 0.577. The number of piperazine rings is 1. The highest BCUT2D eigenvalue weighted by Gasteiger charge is 2.40. The van der Waals surface area contributed by atoms with E-state index in [1.54, 1.807) is 16.2 Å². The van der Waals surface area contributed by atoms with Crippen molar-refractivity contribution in [2.45, 2.75) is 52.8 Å². The van der Waals surface area contributed by atoms with Gasteiger partial charge in [0.1, 0.15) is 6.04 Å². The summed E-state index contributed by atoms with van der Waals surface area (Å²) < 4.78 is 0. The monoisotopic (exact) mass is 499 g/mol. The predicted molar refractivity (Wildman–Crippen MR) is 139 cm³/mol. The molecule has 2 saturated heterocycles. The van der Waals surface area contributed by atoms with Crippen molar-refractivity contribution in [3.8, 4) is 10.4 Å². The van der Waals surface area contributed by atoms with Crippen LogP contribution < -0.4 is 15.5 Å². The van der Waals surface area contributed by atoms with Crippen LogP contribution in [0.1, 0.15) is 38.4 Å². The molecule has 1 aromatic carbocycles. The Kier molecular flexibility index (Phi) is 8.09. The lowest BCUT2D eigenvalue weighted by Crippen LogP contribution is -2.48. The average molecular weight is 500 g/mol. The number of hydrogen-bond acceptors (Lipinski definition) is 7. The van der Waals surface area contributed by atoms with E-state index >= 15 is 0 Å². The molecule has 0 saturated carbocycles. The zero-order valence-corrected chi connectivity index (χ0v) is 21.9. The molecule has 0 spiro atoms. The van der Waals surface area contributed by atoms with Gasteiger partial charge in [0.25, 0.3) is 0 Å². The summed E-state index contributed by atoms with van der Waals surface area (Å²) in [6.07, 6.45) is -0.399. The summed E-state index contributed by atoms with van der Waals surface area (Å²) in [5.41, 5.74) is 6.17. The third-order valence-corrected chi connectivity index (χ3v) is 8.24. The summed E-state index contributed by atoms with van der Waals surface area (Å²) in [6.45, 7) is 12.1. The Labute approximate surface area is 211 Å². The molecule has 3 atom stereocenters. The summed E-state index contributed by atoms with van der Waals surface area (Å²) in [5, 5.41) is 16.7. The van der Waals surface area contributed by atoms with Crippen LogP contribution in [0.3, 0.4) is 0 Å². The molecule has 2 aromatic rings. The van der Waals surface area contributed by atoms with Crippen LogP contribution in [0.5, 0.6) is 0 Å². The quantitative estimate of drug-likeness (QED) is 0.541. The van der Waals surface area contributed by atoms with Gasteiger partial charge in [-0.15, -0.1) is 11.3 Å². The number of rotatable bonds is 7. The Balaban J connectivity index is 1.52. The van der Waals surface area contributed by atoms with E-state index in [2.05, 4.69) is 38.7 Å². The molecule has 2 aliphatic rings. The third kappa shape index (κ3) is 5.68. The first-order valence-corrected chi connectivity index (χ1v) is 13.4. The minimum Gasteiger partial charge on any atom is -0.391 e. The van der Waals surface area contributed by atoms with Crippen molar-refractivity contribution in [3.63, 3.8) is 0 Å². The number of nitrogens with zero attached hydrogens (tertiary/aromatic N) is 3. The Morgan fingerprint density at radius 1 is 1.26 bits per heavy atom. The number of nitrogens with one attached hydrogen (secondary N) is 2. The summed E-state index contributed by atoms with van der Waals surface area (Å²) in [7, 11) is 0. The van der Waals surface area contributed by atoms with Crippen molar-refractivity contribution < 1.29 is 14.7 Å². The van der Waals surface area contributed by atoms with E-state index in [0.717, 1.165) is 53.6 Å². The largest absolute Gasteiger partial charge is 0.391 e. The second kappa shape index (κ2) is 11.1. The lowest BCUT2D eigenvalue weighted by Gasteiger charge is -2.32. The summed E-state index contributed by atoms with van der Waals surface area (Å²) >= 11 is 1.63. The number of benzene rings is 1. The van der Waals surface area contributed by atoms with Gasteiger partial charge in [-0.2, -0.15) is 0 Å². The van der Waals surface area contributed by atoms with Gasteiger partial charge in [0.05, 0.1) is 22.2 Å². The van der Waals surface area contributed by atoms with Gasteiger partial charge in [-0.05, 0) is 30.0 Å². The van der Waals surface area contributed by atoms with Crippen LogP contribution in [-0.2, 0) is 16.1 Å². The number of aryl methyl sites for hydroxylation is 1. The second-order valence-corrected chi connectivity index (χ2v) is 10.8. The van der Waals surface area contributed by atoms with Gasteiger partial charge in [-0.1, -0.05) is 32.9 Å². The van der Waals surface area contributed by atoms with Gasteiger partial charge in [0, 0.05) is 57.3 Å². The van der Waals surface area contributed by atoms with E-state index in [1.165, 1.54) is 0 Å². The molecule has 0 aliphatic carbocycles. The van der Waals surface area contributed by atoms with Crippen LogP contribution in [0.15, 0.2) is 23.7 Å². The molecule has 3 unspecified atom stereocenters. The summed E-state index contributed by atoms with van der Waals surface area (Å²) in [5.74, 6) is -0.300. The average Bonchev–Trinajstić information content (AvgIpc) is 3.47. The molecule has 190 valence electrons. The molecule has 1 aromatic heterocycles. The zero-order valence-electron chi connectivity index (χ0n) is 21.1. The molecule has 2 amide bonds. The van der Waals surface area contributed by atoms with Crippen LogP contribution in [0.4, 0.5) is 5.69 Å². The number of likely N-dealkylation sites (tertiary alicyclic amines) is 1. The first-order valence-electron chi connectivity index (χ1n) is 12.5.